The third kappa shape index (κ3) is 3.51. The molecule has 1 N–H and O–H groups in total. The van der Waals surface area contributed by atoms with Crippen LogP contribution in [0.2, 0.25) is 0 Å². The average Bonchev–Trinajstić information content (AvgIpc) is 3.21. The van der Waals surface area contributed by atoms with Gasteiger partial charge in [-0.1, -0.05) is 12.7 Å². The topological polar surface area (TPSA) is 64.6 Å². The van der Waals surface area contributed by atoms with Gasteiger partial charge < -0.3 is 18.9 Å². The van der Waals surface area contributed by atoms with E-state index in [0.717, 1.165) is 16.9 Å². The fraction of sp³-hybridized carbons (Fsp3) is 0.211. The van der Waals surface area contributed by atoms with Gasteiger partial charge in [-0.25, -0.2) is 0 Å². The summed E-state index contributed by atoms with van der Waals surface area (Å²) in [6, 6.07) is 9.06. The highest BCUT2D eigenvalue weighted by Gasteiger charge is 2.13. The van der Waals surface area contributed by atoms with Gasteiger partial charge in [0.2, 0.25) is 0 Å². The zero-order valence-electron chi connectivity index (χ0n) is 13.5. The molecule has 0 spiro atoms. The van der Waals surface area contributed by atoms with Gasteiger partial charge in [0.25, 0.3) is 5.91 Å². The van der Waals surface area contributed by atoms with E-state index in [9.17, 15) is 4.79 Å². The molecule has 0 radical (unpaired) electrons. The van der Waals surface area contributed by atoms with Crippen LogP contribution in [0.3, 0.4) is 0 Å². The Kier molecular flexibility index (Phi) is 4.70. The smallest absolute Gasteiger partial charge is 0.251 e. The van der Waals surface area contributed by atoms with E-state index in [4.69, 9.17) is 13.6 Å². The summed E-state index contributed by atoms with van der Waals surface area (Å²) in [5, 5.41) is 3.71. The van der Waals surface area contributed by atoms with Crippen molar-refractivity contribution in [2.75, 3.05) is 13.2 Å². The zero-order chi connectivity index (χ0) is 16.9. The second kappa shape index (κ2) is 7.08. The summed E-state index contributed by atoms with van der Waals surface area (Å²) in [5.74, 6) is 2.14. The number of amides is 1. The maximum Gasteiger partial charge on any atom is 0.251 e. The molecule has 0 saturated carbocycles. The summed E-state index contributed by atoms with van der Waals surface area (Å²) in [4.78, 5) is 12.4. The van der Waals surface area contributed by atoms with Crippen molar-refractivity contribution in [1.29, 1.82) is 0 Å². The standard InChI is InChI=1S/C19H19NO4/c1-3-9-22-17-11-14(12-18-16(17)7-10-23-18)19(21)20-8-6-15-5-4-13(2)24-15/h3-5,7,10-12H,1,6,8-9H2,2H3,(H,20,21). The SMILES string of the molecule is C=CCOc1cc(C(=O)NCCc2ccc(C)o2)cc2occc12. The van der Waals surface area contributed by atoms with Gasteiger partial charge in [0.05, 0.1) is 11.6 Å². The van der Waals surface area contributed by atoms with Crippen LogP contribution in [0.1, 0.15) is 21.9 Å². The fourth-order valence-electron chi connectivity index (χ4n) is 2.46. The minimum atomic E-state index is -0.181. The molecule has 3 rings (SSSR count). The van der Waals surface area contributed by atoms with Gasteiger partial charge in [0.15, 0.2) is 0 Å². The van der Waals surface area contributed by atoms with Crippen LogP contribution >= 0.6 is 0 Å². The number of furan rings is 2. The molecule has 0 aliphatic carbocycles. The summed E-state index contributed by atoms with van der Waals surface area (Å²) < 4.78 is 16.5. The van der Waals surface area contributed by atoms with Crippen LogP contribution in [0.5, 0.6) is 5.75 Å². The minimum Gasteiger partial charge on any atom is -0.489 e. The predicted octanol–water partition coefficient (Wildman–Crippen LogP) is 3.87. The Balaban J connectivity index is 1.70. The van der Waals surface area contributed by atoms with E-state index in [1.807, 2.05) is 25.1 Å². The van der Waals surface area contributed by atoms with E-state index in [1.165, 1.54) is 0 Å². The van der Waals surface area contributed by atoms with Crippen LogP contribution in [-0.4, -0.2) is 19.1 Å². The highest BCUT2D eigenvalue weighted by Crippen LogP contribution is 2.28. The Bertz CT molecular complexity index is 859. The van der Waals surface area contributed by atoms with Crippen molar-refractivity contribution in [2.24, 2.45) is 0 Å². The molecule has 1 aromatic carbocycles. The summed E-state index contributed by atoms with van der Waals surface area (Å²) in [5.41, 5.74) is 1.11. The van der Waals surface area contributed by atoms with Crippen molar-refractivity contribution in [2.45, 2.75) is 13.3 Å². The van der Waals surface area contributed by atoms with Crippen molar-refractivity contribution in [1.82, 2.24) is 5.32 Å². The summed E-state index contributed by atoms with van der Waals surface area (Å²) in [6.45, 7) is 6.38. The number of benzene rings is 1. The number of fused-ring (bicyclic) bond motifs is 1. The van der Waals surface area contributed by atoms with Crippen LogP contribution in [0.15, 0.2) is 58.1 Å². The van der Waals surface area contributed by atoms with E-state index >= 15 is 0 Å². The third-order valence-electron chi connectivity index (χ3n) is 3.61. The van der Waals surface area contributed by atoms with Gasteiger partial charge in [-0.3, -0.25) is 4.79 Å². The maximum atomic E-state index is 12.4. The first-order valence-corrected chi connectivity index (χ1v) is 7.76. The number of hydrogen-bond donors (Lipinski definition) is 1. The number of aryl methyl sites for hydroxylation is 1. The molecule has 5 heteroatoms. The lowest BCUT2D eigenvalue weighted by molar-refractivity contribution is 0.0953. The third-order valence-corrected chi connectivity index (χ3v) is 3.61. The zero-order valence-corrected chi connectivity index (χ0v) is 13.5. The van der Waals surface area contributed by atoms with Gasteiger partial charge in [-0.15, -0.1) is 0 Å². The predicted molar refractivity (Wildman–Crippen MR) is 91.4 cm³/mol. The van der Waals surface area contributed by atoms with Crippen LogP contribution in [0.25, 0.3) is 11.0 Å². The highest BCUT2D eigenvalue weighted by atomic mass is 16.5. The summed E-state index contributed by atoms with van der Waals surface area (Å²) in [6.07, 6.45) is 3.87. The molecule has 2 aromatic heterocycles. The fourth-order valence-corrected chi connectivity index (χ4v) is 2.46. The second-order valence-corrected chi connectivity index (χ2v) is 5.42. The molecule has 3 aromatic rings. The highest BCUT2D eigenvalue weighted by molar-refractivity contribution is 5.99. The number of rotatable bonds is 7. The molecule has 1 amide bonds. The lowest BCUT2D eigenvalue weighted by Crippen LogP contribution is -2.25. The second-order valence-electron chi connectivity index (χ2n) is 5.42. The average molecular weight is 325 g/mol. The lowest BCUT2D eigenvalue weighted by atomic mass is 10.1. The quantitative estimate of drug-likeness (QED) is 0.670. The number of nitrogens with one attached hydrogen (secondary N) is 1. The molecule has 0 saturated heterocycles. The number of carbonyl (C=O) groups excluding carboxylic acids is 1. The van der Waals surface area contributed by atoms with E-state index in [1.54, 1.807) is 24.5 Å². The number of hydrogen-bond acceptors (Lipinski definition) is 4. The summed E-state index contributed by atoms with van der Waals surface area (Å²) in [7, 11) is 0. The molecular formula is C19H19NO4. The Morgan fingerprint density at radius 3 is 2.96 bits per heavy atom. The van der Waals surface area contributed by atoms with E-state index in [0.29, 0.717) is 36.5 Å². The molecule has 0 fully saturated rings. The first-order valence-electron chi connectivity index (χ1n) is 7.76. The lowest BCUT2D eigenvalue weighted by Gasteiger charge is -2.08. The van der Waals surface area contributed by atoms with E-state index in [-0.39, 0.29) is 5.91 Å². The van der Waals surface area contributed by atoms with Crippen LogP contribution < -0.4 is 10.1 Å². The first kappa shape index (κ1) is 15.9. The molecule has 124 valence electrons. The first-order chi connectivity index (χ1) is 11.7. The largest absolute Gasteiger partial charge is 0.489 e. The Morgan fingerprint density at radius 2 is 2.21 bits per heavy atom. The molecule has 0 aliphatic heterocycles. The molecular weight excluding hydrogens is 306 g/mol. The van der Waals surface area contributed by atoms with Crippen LogP contribution in [0.4, 0.5) is 0 Å². The Labute approximate surface area is 139 Å². The van der Waals surface area contributed by atoms with Gasteiger partial charge in [-0.05, 0) is 37.3 Å². The van der Waals surface area contributed by atoms with Crippen molar-refractivity contribution >= 4 is 16.9 Å². The Hall–Kier alpha value is -2.95. The minimum absolute atomic E-state index is 0.181. The monoisotopic (exact) mass is 325 g/mol. The van der Waals surface area contributed by atoms with Gasteiger partial charge >= 0.3 is 0 Å². The molecule has 2 heterocycles. The molecule has 0 unspecified atom stereocenters. The van der Waals surface area contributed by atoms with Crippen molar-refractivity contribution in [3.05, 3.63) is 66.3 Å². The Morgan fingerprint density at radius 1 is 1.33 bits per heavy atom. The molecule has 5 nitrogen and oxygen atoms in total. The van der Waals surface area contributed by atoms with Gasteiger partial charge in [0, 0.05) is 18.5 Å². The summed E-state index contributed by atoms with van der Waals surface area (Å²) >= 11 is 0. The van der Waals surface area contributed by atoms with Gasteiger partial charge in [0.1, 0.15) is 29.5 Å². The number of carbonyl (C=O) groups is 1. The molecule has 24 heavy (non-hydrogen) atoms. The molecule has 0 bridgehead atoms. The maximum absolute atomic E-state index is 12.4. The molecule has 0 atom stereocenters. The number of ether oxygens (including phenoxy) is 1. The van der Waals surface area contributed by atoms with Crippen molar-refractivity contribution in [3.8, 4) is 5.75 Å². The normalized spacial score (nSPS) is 10.7. The van der Waals surface area contributed by atoms with Crippen LogP contribution in [-0.2, 0) is 6.42 Å². The van der Waals surface area contributed by atoms with Gasteiger partial charge in [-0.2, -0.15) is 0 Å². The van der Waals surface area contributed by atoms with Crippen molar-refractivity contribution in [3.63, 3.8) is 0 Å². The van der Waals surface area contributed by atoms with Crippen molar-refractivity contribution < 1.29 is 18.4 Å². The molecule has 0 aliphatic rings. The van der Waals surface area contributed by atoms with Crippen LogP contribution in [0, 0.1) is 6.92 Å². The van der Waals surface area contributed by atoms with E-state index < -0.39 is 0 Å². The van der Waals surface area contributed by atoms with E-state index in [2.05, 4.69) is 11.9 Å².